The molecule has 1 unspecified atom stereocenters. The van der Waals surface area contributed by atoms with Gasteiger partial charge < -0.3 is 20.1 Å². The number of ether oxygens (including phenoxy) is 1. The molecule has 3 aromatic carbocycles. The van der Waals surface area contributed by atoms with Gasteiger partial charge in [0, 0.05) is 30.9 Å². The number of anilines is 2. The van der Waals surface area contributed by atoms with Crippen LogP contribution in [0.3, 0.4) is 0 Å². The van der Waals surface area contributed by atoms with E-state index < -0.39 is 18.0 Å². The summed E-state index contributed by atoms with van der Waals surface area (Å²) in [6, 6.07) is 20.7. The average molecular weight is 483 g/mol. The zero-order chi connectivity index (χ0) is 25.4. The molecule has 0 saturated carbocycles. The SMILES string of the molecule is CC1=C(C(=O)OCc2ccccc2)C(c2ccc(N(C)C)c3ccccc23)n2ncc(C(=O)O)c2N1. The zero-order valence-corrected chi connectivity index (χ0v) is 20.2. The van der Waals surface area contributed by atoms with Crippen LogP contribution >= 0.6 is 0 Å². The zero-order valence-electron chi connectivity index (χ0n) is 20.2. The van der Waals surface area contributed by atoms with E-state index in [1.165, 1.54) is 6.20 Å². The molecule has 0 amide bonds. The van der Waals surface area contributed by atoms with E-state index in [1.54, 1.807) is 11.6 Å². The molecule has 0 spiro atoms. The minimum Gasteiger partial charge on any atom is -0.477 e. The maximum atomic E-state index is 13.5. The molecule has 1 atom stereocenters. The van der Waals surface area contributed by atoms with Gasteiger partial charge in [0.2, 0.25) is 0 Å². The van der Waals surface area contributed by atoms with Crippen molar-refractivity contribution in [3.8, 4) is 0 Å². The summed E-state index contributed by atoms with van der Waals surface area (Å²) in [4.78, 5) is 27.5. The molecule has 0 radical (unpaired) electrons. The summed E-state index contributed by atoms with van der Waals surface area (Å²) < 4.78 is 7.29. The molecule has 1 aliphatic rings. The molecule has 0 saturated heterocycles. The van der Waals surface area contributed by atoms with Crippen molar-refractivity contribution in [1.82, 2.24) is 9.78 Å². The fourth-order valence-electron chi connectivity index (χ4n) is 4.70. The quantitative estimate of drug-likeness (QED) is 0.380. The van der Waals surface area contributed by atoms with E-state index in [0.29, 0.717) is 17.1 Å². The molecule has 182 valence electrons. The lowest BCUT2D eigenvalue weighted by atomic mass is 9.90. The molecular formula is C28H26N4O4. The number of allylic oxidation sites excluding steroid dienone is 1. The molecule has 1 aromatic heterocycles. The Bertz CT molecular complexity index is 1500. The van der Waals surface area contributed by atoms with Crippen molar-refractivity contribution < 1.29 is 19.4 Å². The van der Waals surface area contributed by atoms with E-state index in [0.717, 1.165) is 27.6 Å². The number of aromatic nitrogens is 2. The molecular weight excluding hydrogens is 456 g/mol. The lowest BCUT2D eigenvalue weighted by molar-refractivity contribution is -0.140. The first-order valence-electron chi connectivity index (χ1n) is 11.6. The first-order valence-corrected chi connectivity index (χ1v) is 11.6. The third-order valence-corrected chi connectivity index (χ3v) is 6.40. The van der Waals surface area contributed by atoms with Crippen LogP contribution in [0.5, 0.6) is 0 Å². The van der Waals surface area contributed by atoms with Crippen LogP contribution in [0, 0.1) is 0 Å². The fourth-order valence-corrected chi connectivity index (χ4v) is 4.70. The number of benzene rings is 3. The Morgan fingerprint density at radius 1 is 1.03 bits per heavy atom. The van der Waals surface area contributed by atoms with E-state index in [1.807, 2.05) is 85.7 Å². The molecule has 0 bridgehead atoms. The van der Waals surface area contributed by atoms with Crippen molar-refractivity contribution in [1.29, 1.82) is 0 Å². The Morgan fingerprint density at radius 3 is 2.42 bits per heavy atom. The van der Waals surface area contributed by atoms with Crippen molar-refractivity contribution in [3.05, 3.63) is 101 Å². The van der Waals surface area contributed by atoms with E-state index in [4.69, 9.17) is 4.74 Å². The Morgan fingerprint density at radius 2 is 1.72 bits per heavy atom. The molecule has 4 aromatic rings. The van der Waals surface area contributed by atoms with Crippen LogP contribution in [-0.2, 0) is 16.1 Å². The summed E-state index contributed by atoms with van der Waals surface area (Å²) in [6.45, 7) is 1.88. The number of rotatable bonds is 6. The number of carbonyl (C=O) groups excluding carboxylic acids is 1. The molecule has 0 fully saturated rings. The van der Waals surface area contributed by atoms with Gasteiger partial charge in [0.1, 0.15) is 24.0 Å². The molecule has 5 rings (SSSR count). The highest BCUT2D eigenvalue weighted by Gasteiger charge is 2.37. The van der Waals surface area contributed by atoms with Gasteiger partial charge >= 0.3 is 11.9 Å². The van der Waals surface area contributed by atoms with Crippen molar-refractivity contribution >= 4 is 34.2 Å². The lowest BCUT2D eigenvalue weighted by Crippen LogP contribution is -2.30. The number of carbonyl (C=O) groups is 2. The molecule has 2 heterocycles. The highest BCUT2D eigenvalue weighted by Crippen LogP contribution is 2.42. The van der Waals surface area contributed by atoms with Gasteiger partial charge in [0.15, 0.2) is 0 Å². The number of aromatic carboxylic acids is 1. The first-order chi connectivity index (χ1) is 17.4. The van der Waals surface area contributed by atoms with Gasteiger partial charge in [0.05, 0.1) is 11.8 Å². The highest BCUT2D eigenvalue weighted by molar-refractivity contribution is 6.00. The van der Waals surface area contributed by atoms with E-state index in [2.05, 4.69) is 10.4 Å². The molecule has 0 aliphatic carbocycles. The smallest absolute Gasteiger partial charge is 0.341 e. The highest BCUT2D eigenvalue weighted by atomic mass is 16.5. The Kier molecular flexibility index (Phi) is 5.93. The third-order valence-electron chi connectivity index (χ3n) is 6.40. The summed E-state index contributed by atoms with van der Waals surface area (Å²) in [7, 11) is 3.96. The van der Waals surface area contributed by atoms with Gasteiger partial charge in [-0.3, -0.25) is 0 Å². The minimum absolute atomic E-state index is 0.0327. The molecule has 1 aliphatic heterocycles. The number of hydrogen-bond acceptors (Lipinski definition) is 6. The maximum Gasteiger partial charge on any atom is 0.341 e. The van der Waals surface area contributed by atoms with Crippen LogP contribution < -0.4 is 10.2 Å². The van der Waals surface area contributed by atoms with Crippen molar-refractivity contribution in [2.75, 3.05) is 24.3 Å². The number of esters is 1. The van der Waals surface area contributed by atoms with E-state index >= 15 is 0 Å². The number of carboxylic acids is 1. The van der Waals surface area contributed by atoms with Crippen molar-refractivity contribution in [2.45, 2.75) is 19.6 Å². The van der Waals surface area contributed by atoms with Crippen LogP contribution in [0.4, 0.5) is 11.5 Å². The van der Waals surface area contributed by atoms with Crippen LogP contribution in [0.2, 0.25) is 0 Å². The second kappa shape index (κ2) is 9.22. The predicted octanol–water partition coefficient (Wildman–Crippen LogP) is 4.83. The number of nitrogens with one attached hydrogen (secondary N) is 1. The van der Waals surface area contributed by atoms with Gasteiger partial charge in [-0.25, -0.2) is 14.3 Å². The number of nitrogens with zero attached hydrogens (tertiary/aromatic N) is 3. The lowest BCUT2D eigenvalue weighted by Gasteiger charge is -2.31. The molecule has 8 nitrogen and oxygen atoms in total. The van der Waals surface area contributed by atoms with Crippen molar-refractivity contribution in [3.63, 3.8) is 0 Å². The first kappa shape index (κ1) is 23.2. The monoisotopic (exact) mass is 482 g/mol. The van der Waals surface area contributed by atoms with E-state index in [-0.39, 0.29) is 12.2 Å². The summed E-state index contributed by atoms with van der Waals surface area (Å²) in [6.07, 6.45) is 1.31. The largest absolute Gasteiger partial charge is 0.477 e. The molecule has 8 heteroatoms. The Labute approximate surface area is 208 Å². The second-order valence-corrected chi connectivity index (χ2v) is 8.90. The summed E-state index contributed by atoms with van der Waals surface area (Å²) in [5, 5.41) is 19.2. The van der Waals surface area contributed by atoms with Gasteiger partial charge in [-0.15, -0.1) is 0 Å². The summed E-state index contributed by atoms with van der Waals surface area (Å²) >= 11 is 0. The predicted molar refractivity (Wildman–Crippen MR) is 138 cm³/mol. The fraction of sp³-hybridized carbons (Fsp3) is 0.179. The molecule has 36 heavy (non-hydrogen) atoms. The standard InChI is InChI=1S/C28H26N4O4/c1-17-24(28(35)36-16-18-9-5-4-6-10-18)25(32-26(30-17)22(15-29-32)27(33)34)21-13-14-23(31(2)3)20-12-8-7-11-19(20)21/h4-15,25,30H,16H2,1-3H3,(H,33,34). The third kappa shape index (κ3) is 3.96. The minimum atomic E-state index is -1.10. The Hall–Kier alpha value is -4.59. The topological polar surface area (TPSA) is 96.7 Å². The van der Waals surface area contributed by atoms with Crippen LogP contribution in [-0.4, -0.2) is 40.9 Å². The van der Waals surface area contributed by atoms with Crippen LogP contribution in [0.25, 0.3) is 10.8 Å². The normalized spacial score (nSPS) is 14.8. The number of carboxylic acid groups (broad SMARTS) is 1. The van der Waals surface area contributed by atoms with Crippen LogP contribution in [0.15, 0.2) is 84.2 Å². The number of hydrogen-bond donors (Lipinski definition) is 2. The maximum absolute atomic E-state index is 13.5. The average Bonchev–Trinajstić information content (AvgIpc) is 3.30. The Balaban J connectivity index is 1.67. The van der Waals surface area contributed by atoms with Crippen molar-refractivity contribution in [2.24, 2.45) is 0 Å². The van der Waals surface area contributed by atoms with Gasteiger partial charge in [-0.1, -0.05) is 60.7 Å². The summed E-state index contributed by atoms with van der Waals surface area (Å²) in [5.41, 5.74) is 3.66. The van der Waals surface area contributed by atoms with Crippen LogP contribution in [0.1, 0.15) is 34.5 Å². The summed E-state index contributed by atoms with van der Waals surface area (Å²) in [5.74, 6) is -1.27. The second-order valence-electron chi connectivity index (χ2n) is 8.90. The van der Waals surface area contributed by atoms with E-state index in [9.17, 15) is 14.7 Å². The van der Waals surface area contributed by atoms with Gasteiger partial charge in [-0.2, -0.15) is 5.10 Å². The van der Waals surface area contributed by atoms with Gasteiger partial charge in [-0.05, 0) is 29.5 Å². The number of fused-ring (bicyclic) bond motifs is 2. The molecule has 2 N–H and O–H groups in total. The van der Waals surface area contributed by atoms with Gasteiger partial charge in [0.25, 0.3) is 0 Å².